The topological polar surface area (TPSA) is 78.9 Å². The van der Waals surface area contributed by atoms with Gasteiger partial charge in [0.25, 0.3) is 0 Å². The molecule has 0 saturated carbocycles. The smallest absolute Gasteiger partial charge is 0.306 e. The highest BCUT2D eigenvalue weighted by atomic mass is 16.6. The third kappa shape index (κ3) is 61.1. The summed E-state index contributed by atoms with van der Waals surface area (Å²) < 4.78 is 16.8. The molecule has 0 aromatic rings. The van der Waals surface area contributed by atoms with Crippen LogP contribution >= 0.6 is 0 Å². The maximum absolute atomic E-state index is 12.8. The Morgan fingerprint density at radius 3 is 0.827 bits per heavy atom. The molecule has 430 valence electrons. The molecule has 0 radical (unpaired) electrons. The molecule has 6 heteroatoms. The largest absolute Gasteiger partial charge is 0.462 e. The first kappa shape index (κ1) is 71.3. The second-order valence-corrected chi connectivity index (χ2v) is 20.9. The predicted molar refractivity (Wildman–Crippen MR) is 325 cm³/mol. The Kier molecular flexibility index (Phi) is 59.8. The molecule has 0 aromatic carbocycles. The molecule has 0 aliphatic rings. The summed E-state index contributed by atoms with van der Waals surface area (Å²) in [5.41, 5.74) is 0. The Hall–Kier alpha value is -3.67. The quantitative estimate of drug-likeness (QED) is 0.0261. The van der Waals surface area contributed by atoms with Gasteiger partial charge in [-0.15, -0.1) is 0 Å². The van der Waals surface area contributed by atoms with Gasteiger partial charge in [-0.3, -0.25) is 14.4 Å². The Morgan fingerprint density at radius 2 is 0.520 bits per heavy atom. The molecule has 0 bridgehead atoms. The Labute approximate surface area is 464 Å². The van der Waals surface area contributed by atoms with Crippen LogP contribution in [-0.2, 0) is 28.6 Å². The lowest BCUT2D eigenvalue weighted by molar-refractivity contribution is -0.167. The second-order valence-electron chi connectivity index (χ2n) is 20.9. The van der Waals surface area contributed by atoms with E-state index in [1.807, 2.05) is 0 Å². The highest BCUT2D eigenvalue weighted by Crippen LogP contribution is 2.16. The van der Waals surface area contributed by atoms with Crippen molar-refractivity contribution in [1.82, 2.24) is 0 Å². The molecule has 0 spiro atoms. The number of hydrogen-bond donors (Lipinski definition) is 0. The van der Waals surface area contributed by atoms with Gasteiger partial charge in [-0.05, 0) is 103 Å². The fraction of sp³-hybridized carbons (Fsp3) is 0.725. The van der Waals surface area contributed by atoms with Crippen LogP contribution in [0, 0.1) is 0 Å². The summed E-state index contributed by atoms with van der Waals surface area (Å²) in [5, 5.41) is 0. The van der Waals surface area contributed by atoms with Crippen molar-refractivity contribution in [3.8, 4) is 0 Å². The standard InChI is InChI=1S/C69H118O6/c1-4-7-10-13-16-18-20-22-24-26-27-28-29-30-31-32-33-34-35-36-37-38-39-40-41-42-43-44-46-47-49-51-53-56-59-62-68(71)74-65-66(64-73-67(70)61-58-55-15-12-9-6-3)75-69(72)63-60-57-54-52-50-48-45-25-23-21-19-17-14-11-8-5-2/h7,10,16,18,22,24-25,27-28,30-31,33-34,36-37,45,66H,4-6,8-9,11-15,17,19-21,23,26,29,32,35,38-44,46-65H2,1-3H3/b10-7-,18-16-,24-22-,28-27-,31-30-,34-33-,37-36-,45-25-. The van der Waals surface area contributed by atoms with Gasteiger partial charge in [0.1, 0.15) is 13.2 Å². The minimum Gasteiger partial charge on any atom is -0.462 e. The van der Waals surface area contributed by atoms with Gasteiger partial charge in [0, 0.05) is 19.3 Å². The summed E-state index contributed by atoms with van der Waals surface area (Å²) in [6.45, 7) is 6.47. The number of unbranched alkanes of at least 4 members (excludes halogenated alkanes) is 30. The van der Waals surface area contributed by atoms with E-state index in [0.717, 1.165) is 116 Å². The number of rotatable bonds is 57. The SMILES string of the molecule is CC/C=C\C/C=C\C/C=C\C/C=C\C/C=C\C/C=C\C/C=C\CCCCCCCCCCCCCCCC(=O)OCC(COC(=O)CCCCCCCC)OC(=O)CCCCCCC/C=C\CCCCCCCCC. The van der Waals surface area contributed by atoms with E-state index in [4.69, 9.17) is 14.2 Å². The molecule has 0 amide bonds. The van der Waals surface area contributed by atoms with Crippen molar-refractivity contribution >= 4 is 17.9 Å². The first-order valence-corrected chi connectivity index (χ1v) is 31.7. The summed E-state index contributed by atoms with van der Waals surface area (Å²) in [5.74, 6) is -0.890. The number of allylic oxidation sites excluding steroid dienone is 16. The molecule has 1 unspecified atom stereocenters. The van der Waals surface area contributed by atoms with Gasteiger partial charge < -0.3 is 14.2 Å². The van der Waals surface area contributed by atoms with Crippen molar-refractivity contribution in [2.45, 2.75) is 309 Å². The van der Waals surface area contributed by atoms with E-state index in [1.165, 1.54) is 148 Å². The second kappa shape index (κ2) is 62.9. The van der Waals surface area contributed by atoms with Crippen LogP contribution in [0.1, 0.15) is 303 Å². The van der Waals surface area contributed by atoms with Gasteiger partial charge in [-0.2, -0.15) is 0 Å². The van der Waals surface area contributed by atoms with Crippen molar-refractivity contribution in [2.24, 2.45) is 0 Å². The third-order valence-corrected chi connectivity index (χ3v) is 13.6. The van der Waals surface area contributed by atoms with E-state index in [1.54, 1.807) is 0 Å². The van der Waals surface area contributed by atoms with Crippen molar-refractivity contribution in [3.05, 3.63) is 97.2 Å². The van der Waals surface area contributed by atoms with Crippen LogP contribution in [0.25, 0.3) is 0 Å². The van der Waals surface area contributed by atoms with Crippen molar-refractivity contribution in [2.75, 3.05) is 13.2 Å². The van der Waals surface area contributed by atoms with E-state index < -0.39 is 6.10 Å². The van der Waals surface area contributed by atoms with E-state index in [2.05, 4.69) is 118 Å². The van der Waals surface area contributed by atoms with Gasteiger partial charge >= 0.3 is 17.9 Å². The van der Waals surface area contributed by atoms with Crippen LogP contribution in [0.5, 0.6) is 0 Å². The van der Waals surface area contributed by atoms with E-state index in [-0.39, 0.29) is 31.1 Å². The molecule has 1 atom stereocenters. The summed E-state index contributed by atoms with van der Waals surface area (Å²) >= 11 is 0. The normalized spacial score (nSPS) is 12.7. The van der Waals surface area contributed by atoms with Crippen LogP contribution in [0.2, 0.25) is 0 Å². The minimum absolute atomic E-state index is 0.0781. The fourth-order valence-corrected chi connectivity index (χ4v) is 8.83. The van der Waals surface area contributed by atoms with E-state index >= 15 is 0 Å². The summed E-state index contributed by atoms with van der Waals surface area (Å²) in [6.07, 6.45) is 84.5. The van der Waals surface area contributed by atoms with Gasteiger partial charge in [0.05, 0.1) is 0 Å². The number of hydrogen-bond acceptors (Lipinski definition) is 6. The molecule has 0 aliphatic carbocycles. The summed E-state index contributed by atoms with van der Waals surface area (Å²) in [7, 11) is 0. The zero-order valence-electron chi connectivity index (χ0n) is 49.3. The van der Waals surface area contributed by atoms with Crippen molar-refractivity contribution in [1.29, 1.82) is 0 Å². The number of carbonyl (C=O) groups is 3. The predicted octanol–water partition coefficient (Wildman–Crippen LogP) is 21.7. The number of esters is 3. The lowest BCUT2D eigenvalue weighted by Gasteiger charge is -2.18. The molecule has 0 fully saturated rings. The van der Waals surface area contributed by atoms with Gasteiger partial charge in [-0.1, -0.05) is 279 Å². The van der Waals surface area contributed by atoms with Crippen molar-refractivity contribution in [3.63, 3.8) is 0 Å². The van der Waals surface area contributed by atoms with Crippen LogP contribution < -0.4 is 0 Å². The van der Waals surface area contributed by atoms with Crippen molar-refractivity contribution < 1.29 is 28.6 Å². The monoisotopic (exact) mass is 1040 g/mol. The van der Waals surface area contributed by atoms with Gasteiger partial charge in [0.2, 0.25) is 0 Å². The Morgan fingerprint density at radius 1 is 0.280 bits per heavy atom. The summed E-state index contributed by atoms with van der Waals surface area (Å²) in [4.78, 5) is 37.9. The average molecular weight is 1040 g/mol. The average Bonchev–Trinajstić information content (AvgIpc) is 3.41. The number of ether oxygens (including phenoxy) is 3. The summed E-state index contributed by atoms with van der Waals surface area (Å²) in [6, 6.07) is 0. The lowest BCUT2D eigenvalue weighted by Crippen LogP contribution is -2.30. The van der Waals surface area contributed by atoms with Crippen LogP contribution in [0.15, 0.2) is 97.2 Å². The first-order chi connectivity index (χ1) is 37.0. The molecule has 0 aliphatic heterocycles. The van der Waals surface area contributed by atoms with Crippen LogP contribution in [-0.4, -0.2) is 37.2 Å². The first-order valence-electron chi connectivity index (χ1n) is 31.7. The van der Waals surface area contributed by atoms with E-state index in [0.29, 0.717) is 19.3 Å². The molecular weight excluding hydrogens is 925 g/mol. The van der Waals surface area contributed by atoms with Gasteiger partial charge in [-0.25, -0.2) is 0 Å². The van der Waals surface area contributed by atoms with Gasteiger partial charge in [0.15, 0.2) is 6.10 Å². The molecule has 0 N–H and O–H groups in total. The zero-order valence-corrected chi connectivity index (χ0v) is 49.3. The third-order valence-electron chi connectivity index (χ3n) is 13.6. The Bertz CT molecular complexity index is 1480. The van der Waals surface area contributed by atoms with Crippen LogP contribution in [0.4, 0.5) is 0 Å². The van der Waals surface area contributed by atoms with E-state index in [9.17, 15) is 14.4 Å². The number of carbonyl (C=O) groups excluding carboxylic acids is 3. The highest BCUT2D eigenvalue weighted by Gasteiger charge is 2.19. The lowest BCUT2D eigenvalue weighted by atomic mass is 10.0. The molecule has 6 nitrogen and oxygen atoms in total. The van der Waals surface area contributed by atoms with Crippen LogP contribution in [0.3, 0.4) is 0 Å². The molecule has 0 rings (SSSR count). The minimum atomic E-state index is -0.777. The molecular formula is C69H118O6. The highest BCUT2D eigenvalue weighted by molar-refractivity contribution is 5.71. The zero-order chi connectivity index (χ0) is 54.3. The maximum Gasteiger partial charge on any atom is 0.306 e. The fourth-order valence-electron chi connectivity index (χ4n) is 8.83. The molecule has 0 saturated heterocycles. The molecule has 75 heavy (non-hydrogen) atoms. The Balaban J connectivity index is 4.02. The molecule has 0 heterocycles. The maximum atomic E-state index is 12.8. The molecule has 0 aromatic heterocycles.